The number of rotatable bonds is 2. The first-order valence-corrected chi connectivity index (χ1v) is 6.69. The normalized spacial score (nSPS) is 19.9. The van der Waals surface area contributed by atoms with Crippen LogP contribution in [0, 0.1) is 12.8 Å². The van der Waals surface area contributed by atoms with E-state index in [0.29, 0.717) is 10.9 Å². The standard InChI is InChI=1S/C12H16ClN5/c1-3-9-4-5-17(6-9)11-8(2)10(13)16-12-14-7-15-18(11)12/h7,9H,3-6H2,1-2H3. The molecular weight excluding hydrogens is 250 g/mol. The van der Waals surface area contributed by atoms with Gasteiger partial charge in [-0.15, -0.1) is 0 Å². The minimum Gasteiger partial charge on any atom is -0.356 e. The molecule has 1 atom stereocenters. The monoisotopic (exact) mass is 265 g/mol. The SMILES string of the molecule is CCC1CCN(c2c(C)c(Cl)nc3ncnn23)C1. The van der Waals surface area contributed by atoms with Crippen molar-refractivity contribution in [2.24, 2.45) is 5.92 Å². The van der Waals surface area contributed by atoms with Crippen LogP contribution in [0.15, 0.2) is 6.33 Å². The molecule has 2 aromatic rings. The van der Waals surface area contributed by atoms with Crippen molar-refractivity contribution in [3.8, 4) is 0 Å². The Kier molecular flexibility index (Phi) is 2.86. The lowest BCUT2D eigenvalue weighted by Crippen LogP contribution is -2.24. The molecule has 0 N–H and O–H groups in total. The summed E-state index contributed by atoms with van der Waals surface area (Å²) >= 11 is 6.18. The number of fused-ring (bicyclic) bond motifs is 1. The van der Waals surface area contributed by atoms with Crippen molar-refractivity contribution >= 4 is 23.2 Å². The molecule has 3 heterocycles. The van der Waals surface area contributed by atoms with Gasteiger partial charge >= 0.3 is 0 Å². The maximum absolute atomic E-state index is 6.18. The summed E-state index contributed by atoms with van der Waals surface area (Å²) in [6.45, 7) is 6.35. The lowest BCUT2D eigenvalue weighted by Gasteiger charge is -2.21. The zero-order valence-electron chi connectivity index (χ0n) is 10.6. The fraction of sp³-hybridized carbons (Fsp3) is 0.583. The molecule has 6 heteroatoms. The Labute approximate surface area is 111 Å². The van der Waals surface area contributed by atoms with E-state index in [4.69, 9.17) is 11.6 Å². The van der Waals surface area contributed by atoms with Gasteiger partial charge in [0.2, 0.25) is 0 Å². The van der Waals surface area contributed by atoms with Crippen molar-refractivity contribution in [3.63, 3.8) is 0 Å². The third-order valence-corrected chi connectivity index (χ3v) is 4.10. The Balaban J connectivity index is 2.10. The third-order valence-electron chi connectivity index (χ3n) is 3.74. The van der Waals surface area contributed by atoms with Crippen molar-refractivity contribution in [2.45, 2.75) is 26.7 Å². The van der Waals surface area contributed by atoms with Crippen LogP contribution < -0.4 is 4.90 Å². The van der Waals surface area contributed by atoms with Crippen molar-refractivity contribution in [1.82, 2.24) is 19.6 Å². The Morgan fingerprint density at radius 1 is 1.50 bits per heavy atom. The van der Waals surface area contributed by atoms with E-state index in [1.54, 1.807) is 4.52 Å². The average Bonchev–Trinajstić information content (AvgIpc) is 2.99. The Bertz CT molecular complexity index is 579. The predicted octanol–water partition coefficient (Wildman–Crippen LogP) is 2.32. The minimum atomic E-state index is 0.519. The number of hydrogen-bond acceptors (Lipinski definition) is 4. The van der Waals surface area contributed by atoms with E-state index >= 15 is 0 Å². The molecule has 2 aromatic heterocycles. The summed E-state index contributed by atoms with van der Waals surface area (Å²) < 4.78 is 1.79. The van der Waals surface area contributed by atoms with Crippen LogP contribution in [0.1, 0.15) is 25.3 Å². The summed E-state index contributed by atoms with van der Waals surface area (Å²) in [6.07, 6.45) is 3.97. The second-order valence-electron chi connectivity index (χ2n) is 4.83. The highest BCUT2D eigenvalue weighted by Crippen LogP contribution is 2.30. The second-order valence-corrected chi connectivity index (χ2v) is 5.19. The molecule has 1 unspecified atom stereocenters. The van der Waals surface area contributed by atoms with Gasteiger partial charge < -0.3 is 4.90 Å². The maximum atomic E-state index is 6.18. The Morgan fingerprint density at radius 3 is 3.06 bits per heavy atom. The van der Waals surface area contributed by atoms with Gasteiger partial charge in [-0.3, -0.25) is 0 Å². The van der Waals surface area contributed by atoms with Gasteiger partial charge in [0.1, 0.15) is 17.3 Å². The summed E-state index contributed by atoms with van der Waals surface area (Å²) in [5.74, 6) is 2.37. The van der Waals surface area contributed by atoms with Gasteiger partial charge in [0, 0.05) is 18.7 Å². The molecule has 0 amide bonds. The van der Waals surface area contributed by atoms with Crippen LogP contribution in [-0.4, -0.2) is 32.7 Å². The van der Waals surface area contributed by atoms with Gasteiger partial charge in [0.05, 0.1) is 0 Å². The van der Waals surface area contributed by atoms with Crippen LogP contribution in [0.4, 0.5) is 5.82 Å². The molecule has 1 aliphatic heterocycles. The molecule has 1 fully saturated rings. The molecule has 1 aliphatic rings. The van der Waals surface area contributed by atoms with E-state index in [-0.39, 0.29) is 0 Å². The smallest absolute Gasteiger partial charge is 0.255 e. The molecule has 0 radical (unpaired) electrons. The number of nitrogens with zero attached hydrogens (tertiary/aromatic N) is 5. The summed E-state index contributed by atoms with van der Waals surface area (Å²) in [5, 5.41) is 4.78. The van der Waals surface area contributed by atoms with E-state index in [1.165, 1.54) is 19.2 Å². The molecule has 18 heavy (non-hydrogen) atoms. The molecule has 0 saturated carbocycles. The van der Waals surface area contributed by atoms with E-state index in [2.05, 4.69) is 26.9 Å². The van der Waals surface area contributed by atoms with Crippen LogP contribution in [-0.2, 0) is 0 Å². The molecule has 1 saturated heterocycles. The van der Waals surface area contributed by atoms with Gasteiger partial charge in [0.15, 0.2) is 0 Å². The van der Waals surface area contributed by atoms with Gasteiger partial charge in [-0.2, -0.15) is 19.6 Å². The average molecular weight is 266 g/mol. The first-order valence-electron chi connectivity index (χ1n) is 6.31. The summed E-state index contributed by atoms with van der Waals surface area (Å²) in [5.41, 5.74) is 0.978. The molecule has 3 rings (SSSR count). The highest BCUT2D eigenvalue weighted by molar-refractivity contribution is 6.30. The zero-order valence-corrected chi connectivity index (χ0v) is 11.4. The predicted molar refractivity (Wildman–Crippen MR) is 71.1 cm³/mol. The number of hydrogen-bond donors (Lipinski definition) is 0. The first-order chi connectivity index (χ1) is 8.70. The number of anilines is 1. The van der Waals surface area contributed by atoms with Crippen LogP contribution in [0.3, 0.4) is 0 Å². The van der Waals surface area contributed by atoms with Crippen molar-refractivity contribution in [1.29, 1.82) is 0 Å². The van der Waals surface area contributed by atoms with Gasteiger partial charge in [0.25, 0.3) is 5.78 Å². The summed E-state index contributed by atoms with van der Waals surface area (Å²) in [7, 11) is 0. The summed E-state index contributed by atoms with van der Waals surface area (Å²) in [4.78, 5) is 10.7. The van der Waals surface area contributed by atoms with E-state index in [1.807, 2.05) is 6.92 Å². The lowest BCUT2D eigenvalue weighted by atomic mass is 10.1. The van der Waals surface area contributed by atoms with E-state index in [9.17, 15) is 0 Å². The first kappa shape index (κ1) is 11.7. The van der Waals surface area contributed by atoms with Gasteiger partial charge in [-0.05, 0) is 19.3 Å². The number of halogens is 1. The fourth-order valence-corrected chi connectivity index (χ4v) is 2.77. The molecule has 0 aliphatic carbocycles. The van der Waals surface area contributed by atoms with E-state index < -0.39 is 0 Å². The second kappa shape index (κ2) is 4.39. The van der Waals surface area contributed by atoms with Gasteiger partial charge in [-0.25, -0.2) is 0 Å². The lowest BCUT2D eigenvalue weighted by molar-refractivity contribution is 0.568. The Hall–Kier alpha value is -1.36. The summed E-state index contributed by atoms with van der Waals surface area (Å²) in [6, 6.07) is 0. The van der Waals surface area contributed by atoms with Crippen molar-refractivity contribution in [3.05, 3.63) is 17.0 Å². The largest absolute Gasteiger partial charge is 0.356 e. The number of aromatic nitrogens is 4. The molecule has 0 aromatic carbocycles. The Morgan fingerprint density at radius 2 is 2.33 bits per heavy atom. The minimum absolute atomic E-state index is 0.519. The van der Waals surface area contributed by atoms with Crippen LogP contribution in [0.25, 0.3) is 5.78 Å². The van der Waals surface area contributed by atoms with Crippen molar-refractivity contribution in [2.75, 3.05) is 18.0 Å². The van der Waals surface area contributed by atoms with Crippen LogP contribution >= 0.6 is 11.6 Å². The van der Waals surface area contributed by atoms with Gasteiger partial charge in [-0.1, -0.05) is 24.9 Å². The third kappa shape index (κ3) is 1.73. The van der Waals surface area contributed by atoms with Crippen LogP contribution in [0.2, 0.25) is 5.15 Å². The topological polar surface area (TPSA) is 46.3 Å². The molecule has 5 nitrogen and oxygen atoms in total. The molecule has 96 valence electrons. The van der Waals surface area contributed by atoms with Crippen molar-refractivity contribution < 1.29 is 0 Å². The molecule has 0 spiro atoms. The highest BCUT2D eigenvalue weighted by atomic mass is 35.5. The van der Waals surface area contributed by atoms with E-state index in [0.717, 1.165) is 30.4 Å². The van der Waals surface area contributed by atoms with Crippen LogP contribution in [0.5, 0.6) is 0 Å². The highest BCUT2D eigenvalue weighted by Gasteiger charge is 2.26. The fourth-order valence-electron chi connectivity index (χ4n) is 2.61. The molecular formula is C12H16ClN5. The zero-order chi connectivity index (χ0) is 12.7. The molecule has 0 bridgehead atoms. The quantitative estimate of drug-likeness (QED) is 0.782. The maximum Gasteiger partial charge on any atom is 0.255 e.